The van der Waals surface area contributed by atoms with Gasteiger partial charge in [-0.3, -0.25) is 4.98 Å². The average molecular weight is 450 g/mol. The monoisotopic (exact) mass is 449 g/mol. The molecule has 9 heteroatoms. The van der Waals surface area contributed by atoms with Gasteiger partial charge in [0.05, 0.1) is 24.7 Å². The van der Waals surface area contributed by atoms with Gasteiger partial charge in [-0.2, -0.15) is 9.97 Å². The van der Waals surface area contributed by atoms with Crippen LogP contribution >= 0.6 is 0 Å². The number of rotatable bonds is 9. The topological polar surface area (TPSA) is 101 Å². The number of imidazole rings is 1. The molecule has 1 aromatic carbocycles. The van der Waals surface area contributed by atoms with Gasteiger partial charge in [-0.1, -0.05) is 19.1 Å². The molecule has 0 aliphatic rings. The summed E-state index contributed by atoms with van der Waals surface area (Å²) in [5.41, 5.74) is 3.14. The van der Waals surface area contributed by atoms with E-state index in [1.807, 2.05) is 23.6 Å². The van der Waals surface area contributed by atoms with E-state index in [2.05, 4.69) is 44.4 Å². The molecule has 3 N–H and O–H groups in total. The van der Waals surface area contributed by atoms with Gasteiger partial charge in [0.2, 0.25) is 5.95 Å². The van der Waals surface area contributed by atoms with E-state index >= 15 is 0 Å². The summed E-state index contributed by atoms with van der Waals surface area (Å²) in [5.74, 6) is 0.620. The molecule has 0 amide bonds. The maximum Gasteiger partial charge on any atom is 0.227 e. The van der Waals surface area contributed by atoms with Crippen molar-refractivity contribution in [2.45, 2.75) is 45.8 Å². The quantitative estimate of drug-likeness (QED) is 0.348. The first-order valence-electron chi connectivity index (χ1n) is 11.1. The average Bonchev–Trinajstić information content (AvgIpc) is 3.26. The van der Waals surface area contributed by atoms with Crippen molar-refractivity contribution in [2.24, 2.45) is 0 Å². The third-order valence-electron chi connectivity index (χ3n) is 5.46. The van der Waals surface area contributed by atoms with Crippen LogP contribution in [0.5, 0.6) is 0 Å². The number of pyridine rings is 1. The molecular formula is C24H28FN7O. The van der Waals surface area contributed by atoms with Gasteiger partial charge in [0.25, 0.3) is 0 Å². The number of halogens is 1. The van der Waals surface area contributed by atoms with E-state index in [-0.39, 0.29) is 24.5 Å². The number of nitrogens with one attached hydrogen (secondary N) is 2. The third kappa shape index (κ3) is 4.93. The van der Waals surface area contributed by atoms with Gasteiger partial charge < -0.3 is 20.3 Å². The molecule has 0 saturated heterocycles. The maximum absolute atomic E-state index is 14.7. The Hall–Kier alpha value is -3.59. The number of anilines is 2. The molecule has 0 aliphatic heterocycles. The summed E-state index contributed by atoms with van der Waals surface area (Å²) in [6.07, 6.45) is 4.11. The van der Waals surface area contributed by atoms with Gasteiger partial charge in [0.15, 0.2) is 17.0 Å². The Balaban J connectivity index is 1.62. The molecule has 0 unspecified atom stereocenters. The zero-order valence-electron chi connectivity index (χ0n) is 19.0. The van der Waals surface area contributed by atoms with Gasteiger partial charge in [-0.15, -0.1) is 0 Å². The Kier molecular flexibility index (Phi) is 6.79. The lowest BCUT2D eigenvalue weighted by molar-refractivity contribution is 0.271. The largest absolute Gasteiger partial charge is 0.394 e. The van der Waals surface area contributed by atoms with E-state index in [1.54, 1.807) is 30.7 Å². The number of fused-ring (bicyclic) bond motifs is 1. The summed E-state index contributed by atoms with van der Waals surface area (Å²) >= 11 is 0. The van der Waals surface area contributed by atoms with Crippen LogP contribution in [0.1, 0.15) is 38.8 Å². The van der Waals surface area contributed by atoms with E-state index in [9.17, 15) is 9.50 Å². The molecular weight excluding hydrogens is 421 g/mol. The zero-order valence-corrected chi connectivity index (χ0v) is 19.0. The normalized spacial score (nSPS) is 12.3. The first-order chi connectivity index (χ1) is 16.0. The number of aliphatic hydroxyl groups is 1. The van der Waals surface area contributed by atoms with E-state index in [0.717, 1.165) is 12.0 Å². The zero-order chi connectivity index (χ0) is 23.4. The van der Waals surface area contributed by atoms with Crippen molar-refractivity contribution in [3.8, 4) is 11.3 Å². The van der Waals surface area contributed by atoms with E-state index in [1.165, 1.54) is 6.07 Å². The van der Waals surface area contributed by atoms with E-state index in [4.69, 9.17) is 0 Å². The molecule has 0 aliphatic carbocycles. The van der Waals surface area contributed by atoms with Gasteiger partial charge in [-0.05, 0) is 50.1 Å². The van der Waals surface area contributed by atoms with Crippen LogP contribution < -0.4 is 10.6 Å². The highest BCUT2D eigenvalue weighted by atomic mass is 19.1. The molecule has 4 rings (SSSR count). The fourth-order valence-corrected chi connectivity index (χ4v) is 3.53. The van der Waals surface area contributed by atoms with Crippen molar-refractivity contribution in [1.82, 2.24) is 24.5 Å². The van der Waals surface area contributed by atoms with Crippen LogP contribution in [0.25, 0.3) is 22.4 Å². The van der Waals surface area contributed by atoms with Crippen LogP contribution in [-0.4, -0.2) is 42.3 Å². The van der Waals surface area contributed by atoms with Crippen molar-refractivity contribution < 1.29 is 9.50 Å². The van der Waals surface area contributed by atoms with Crippen molar-refractivity contribution in [2.75, 3.05) is 17.2 Å². The number of benzene rings is 1. The fourth-order valence-electron chi connectivity index (χ4n) is 3.53. The molecule has 0 bridgehead atoms. The molecule has 4 aromatic rings. The molecule has 0 saturated carbocycles. The molecule has 172 valence electrons. The smallest absolute Gasteiger partial charge is 0.227 e. The van der Waals surface area contributed by atoms with Gasteiger partial charge in [-0.25, -0.2) is 9.37 Å². The van der Waals surface area contributed by atoms with Crippen molar-refractivity contribution in [3.05, 3.63) is 60.3 Å². The van der Waals surface area contributed by atoms with Gasteiger partial charge in [0.1, 0.15) is 5.82 Å². The second kappa shape index (κ2) is 9.91. The van der Waals surface area contributed by atoms with Gasteiger partial charge >= 0.3 is 0 Å². The minimum atomic E-state index is -0.332. The SMILES string of the molecule is CC[C@H](CO)Nc1nc(NCc2ccc(-c3ccccn3)c(F)c2)c2ncn(C(C)C)c2n1. The van der Waals surface area contributed by atoms with Crippen molar-refractivity contribution in [3.63, 3.8) is 0 Å². The molecule has 0 radical (unpaired) electrons. The fraction of sp³-hybridized carbons (Fsp3) is 0.333. The number of aromatic nitrogens is 5. The summed E-state index contributed by atoms with van der Waals surface area (Å²) in [4.78, 5) is 17.9. The lowest BCUT2D eigenvalue weighted by atomic mass is 10.1. The lowest BCUT2D eigenvalue weighted by Crippen LogP contribution is -2.24. The van der Waals surface area contributed by atoms with Crippen LogP contribution in [-0.2, 0) is 6.54 Å². The highest BCUT2D eigenvalue weighted by Crippen LogP contribution is 2.25. The van der Waals surface area contributed by atoms with Crippen molar-refractivity contribution >= 4 is 22.9 Å². The Labute approximate surface area is 192 Å². The van der Waals surface area contributed by atoms with Crippen LogP contribution in [0.3, 0.4) is 0 Å². The summed E-state index contributed by atoms with van der Waals surface area (Å²) in [6.45, 7) is 6.42. The molecule has 0 spiro atoms. The summed E-state index contributed by atoms with van der Waals surface area (Å²) in [6, 6.07) is 10.5. The maximum atomic E-state index is 14.7. The summed E-state index contributed by atoms with van der Waals surface area (Å²) < 4.78 is 16.7. The molecule has 3 heterocycles. The Bertz CT molecular complexity index is 1220. The minimum Gasteiger partial charge on any atom is -0.394 e. The predicted octanol–water partition coefficient (Wildman–Crippen LogP) is 4.40. The number of aliphatic hydroxyl groups excluding tert-OH is 1. The first kappa shape index (κ1) is 22.6. The van der Waals surface area contributed by atoms with E-state index in [0.29, 0.717) is 40.7 Å². The number of nitrogens with zero attached hydrogens (tertiary/aromatic N) is 5. The van der Waals surface area contributed by atoms with Crippen LogP contribution in [0, 0.1) is 5.82 Å². The molecule has 8 nitrogen and oxygen atoms in total. The Morgan fingerprint density at radius 2 is 1.97 bits per heavy atom. The molecule has 33 heavy (non-hydrogen) atoms. The molecule has 3 aromatic heterocycles. The van der Waals surface area contributed by atoms with Crippen molar-refractivity contribution in [1.29, 1.82) is 0 Å². The predicted molar refractivity (Wildman–Crippen MR) is 127 cm³/mol. The molecule has 0 fully saturated rings. The highest BCUT2D eigenvalue weighted by Gasteiger charge is 2.17. The minimum absolute atomic E-state index is 0.0218. The van der Waals surface area contributed by atoms with Crippen LogP contribution in [0.15, 0.2) is 48.9 Å². The second-order valence-corrected chi connectivity index (χ2v) is 8.13. The second-order valence-electron chi connectivity index (χ2n) is 8.13. The summed E-state index contributed by atoms with van der Waals surface area (Å²) in [5, 5.41) is 16.0. The highest BCUT2D eigenvalue weighted by molar-refractivity contribution is 5.84. The summed E-state index contributed by atoms with van der Waals surface area (Å²) in [7, 11) is 0. The number of hydrogen-bond acceptors (Lipinski definition) is 7. The lowest BCUT2D eigenvalue weighted by Gasteiger charge is -2.16. The Morgan fingerprint density at radius 1 is 1.12 bits per heavy atom. The van der Waals surface area contributed by atoms with Crippen LogP contribution in [0.4, 0.5) is 16.2 Å². The van der Waals surface area contributed by atoms with E-state index < -0.39 is 0 Å². The molecule has 1 atom stereocenters. The van der Waals surface area contributed by atoms with Gasteiger partial charge in [0, 0.05) is 24.3 Å². The first-order valence-corrected chi connectivity index (χ1v) is 11.1. The number of hydrogen-bond donors (Lipinski definition) is 3. The third-order valence-corrected chi connectivity index (χ3v) is 5.46. The van der Waals surface area contributed by atoms with Crippen LogP contribution in [0.2, 0.25) is 0 Å². The Morgan fingerprint density at radius 3 is 2.64 bits per heavy atom. The standard InChI is InChI=1S/C24H28FN7O/c1-4-17(13-33)29-24-30-22(21-23(31-24)32(14-28-21)15(2)3)27-12-16-8-9-18(19(25)11-16)20-7-5-6-10-26-20/h5-11,14-15,17,33H,4,12-13H2,1-3H3,(H2,27,29,30,31)/t17-/m1/s1.